The lowest BCUT2D eigenvalue weighted by Gasteiger charge is -2.20. The maximum atomic E-state index is 13.3. The Morgan fingerprint density at radius 3 is 2.34 bits per heavy atom. The van der Waals surface area contributed by atoms with Crippen LogP contribution in [-0.4, -0.2) is 30.4 Å². The van der Waals surface area contributed by atoms with Gasteiger partial charge in [-0.25, -0.2) is 4.79 Å². The number of anilines is 1. The van der Waals surface area contributed by atoms with Crippen molar-refractivity contribution in [3.63, 3.8) is 0 Å². The number of thiophene rings is 2. The molecule has 0 radical (unpaired) electrons. The summed E-state index contributed by atoms with van der Waals surface area (Å²) >= 11 is 2.57. The van der Waals surface area contributed by atoms with Crippen molar-refractivity contribution in [2.75, 3.05) is 11.9 Å². The highest BCUT2D eigenvalue weighted by Gasteiger charge is 2.28. The van der Waals surface area contributed by atoms with Gasteiger partial charge in [-0.2, -0.15) is 0 Å². The van der Waals surface area contributed by atoms with E-state index in [-0.39, 0.29) is 12.4 Å². The zero-order chi connectivity index (χ0) is 24.8. The van der Waals surface area contributed by atoms with Gasteiger partial charge in [-0.05, 0) is 43.0 Å². The van der Waals surface area contributed by atoms with Crippen molar-refractivity contribution < 1.29 is 19.1 Å². The summed E-state index contributed by atoms with van der Waals surface area (Å²) in [5, 5.41) is 10.0. The fraction of sp³-hybridized carbons (Fsp3) is 0.148. The fourth-order valence-corrected chi connectivity index (χ4v) is 5.16. The summed E-state index contributed by atoms with van der Waals surface area (Å²) < 4.78 is 5.34. The minimum atomic E-state index is -1.08. The van der Waals surface area contributed by atoms with E-state index in [9.17, 15) is 14.4 Å². The van der Waals surface area contributed by atoms with Gasteiger partial charge >= 0.3 is 5.97 Å². The zero-order valence-electron chi connectivity index (χ0n) is 19.2. The van der Waals surface area contributed by atoms with Crippen molar-refractivity contribution in [1.29, 1.82) is 0 Å². The highest BCUT2D eigenvalue weighted by Crippen LogP contribution is 2.37. The molecule has 1 atom stereocenters. The van der Waals surface area contributed by atoms with Gasteiger partial charge in [0.05, 0.1) is 11.5 Å². The number of nitrogens with one attached hydrogen (secondary N) is 2. The number of Topliss-reactive ketones (excluding diaryl/α,β-unsaturated/α-hetero) is 1. The number of amides is 1. The van der Waals surface area contributed by atoms with Crippen molar-refractivity contribution in [3.8, 4) is 11.1 Å². The van der Waals surface area contributed by atoms with Crippen LogP contribution in [0.1, 0.15) is 42.9 Å². The topological polar surface area (TPSA) is 84.5 Å². The molecule has 0 aliphatic carbocycles. The van der Waals surface area contributed by atoms with Crippen molar-refractivity contribution in [1.82, 2.24) is 5.32 Å². The Morgan fingerprint density at radius 1 is 0.943 bits per heavy atom. The molecule has 2 aromatic heterocycles. The summed E-state index contributed by atoms with van der Waals surface area (Å²) in [6, 6.07) is 20.0. The average Bonchev–Trinajstić information content (AvgIpc) is 3.55. The van der Waals surface area contributed by atoms with Crippen LogP contribution in [-0.2, 0) is 4.74 Å². The van der Waals surface area contributed by atoms with Gasteiger partial charge in [-0.1, -0.05) is 54.1 Å². The van der Waals surface area contributed by atoms with E-state index < -0.39 is 18.0 Å². The summed E-state index contributed by atoms with van der Waals surface area (Å²) in [4.78, 5) is 39.7. The van der Waals surface area contributed by atoms with E-state index in [2.05, 4.69) is 10.6 Å². The molecule has 35 heavy (non-hydrogen) atoms. The highest BCUT2D eigenvalue weighted by atomic mass is 32.1. The summed E-state index contributed by atoms with van der Waals surface area (Å²) in [7, 11) is 0. The van der Waals surface area contributed by atoms with Gasteiger partial charge in [0.25, 0.3) is 5.91 Å². The molecule has 0 aliphatic heterocycles. The van der Waals surface area contributed by atoms with Crippen LogP contribution in [0.15, 0.2) is 77.5 Å². The molecule has 2 heterocycles. The van der Waals surface area contributed by atoms with E-state index in [0.29, 0.717) is 26.6 Å². The first kappa shape index (κ1) is 24.4. The number of aryl methyl sites for hydroxylation is 1. The Morgan fingerprint density at radius 2 is 1.69 bits per heavy atom. The van der Waals surface area contributed by atoms with Crippen LogP contribution >= 0.6 is 22.7 Å². The third-order valence-corrected chi connectivity index (χ3v) is 7.04. The maximum absolute atomic E-state index is 13.3. The lowest BCUT2D eigenvalue weighted by atomic mass is 10.0. The van der Waals surface area contributed by atoms with Gasteiger partial charge in [0.15, 0.2) is 6.17 Å². The van der Waals surface area contributed by atoms with E-state index in [1.165, 1.54) is 22.7 Å². The van der Waals surface area contributed by atoms with Gasteiger partial charge in [0.2, 0.25) is 5.78 Å². The molecule has 0 unspecified atom stereocenters. The van der Waals surface area contributed by atoms with E-state index in [0.717, 1.165) is 11.1 Å². The van der Waals surface area contributed by atoms with Crippen molar-refractivity contribution in [2.45, 2.75) is 20.0 Å². The number of carbonyl (C=O) groups is 3. The number of ketones is 1. The Balaban J connectivity index is 1.71. The zero-order valence-corrected chi connectivity index (χ0v) is 20.9. The maximum Gasteiger partial charge on any atom is 0.341 e. The van der Waals surface area contributed by atoms with Crippen LogP contribution in [0, 0.1) is 6.92 Å². The van der Waals surface area contributed by atoms with E-state index in [1.54, 1.807) is 48.7 Å². The second-order valence-electron chi connectivity index (χ2n) is 7.70. The molecule has 0 fully saturated rings. The first-order valence-corrected chi connectivity index (χ1v) is 12.8. The molecule has 8 heteroatoms. The average molecular weight is 505 g/mol. The van der Waals surface area contributed by atoms with Crippen molar-refractivity contribution in [2.24, 2.45) is 0 Å². The van der Waals surface area contributed by atoms with E-state index >= 15 is 0 Å². The summed E-state index contributed by atoms with van der Waals surface area (Å²) in [6.07, 6.45) is -1.08. The molecule has 6 nitrogen and oxygen atoms in total. The van der Waals surface area contributed by atoms with E-state index in [4.69, 9.17) is 4.74 Å². The second-order valence-corrected chi connectivity index (χ2v) is 9.53. The van der Waals surface area contributed by atoms with Crippen LogP contribution in [0.25, 0.3) is 11.1 Å². The van der Waals surface area contributed by atoms with Crippen LogP contribution in [0.5, 0.6) is 0 Å². The molecule has 178 valence electrons. The van der Waals surface area contributed by atoms with Gasteiger partial charge in [0.1, 0.15) is 10.6 Å². The number of rotatable bonds is 9. The molecule has 1 amide bonds. The Kier molecular flexibility index (Phi) is 7.74. The standard InChI is InChI=1S/C27H24N2O4S2/c1-3-33-27(32)22-20(18-13-11-17(2)12-14-18)16-35-26(22)29-24(23(30)21-10-7-15-34-21)28-25(31)19-8-5-4-6-9-19/h4-16,24,29H,3H2,1-2H3,(H,28,31)/t24-/m0/s1. The third kappa shape index (κ3) is 5.67. The first-order chi connectivity index (χ1) is 17.0. The number of ether oxygens (including phenoxy) is 1. The minimum absolute atomic E-state index is 0.212. The molecule has 2 aromatic carbocycles. The van der Waals surface area contributed by atoms with Crippen LogP contribution in [0.2, 0.25) is 0 Å². The molecule has 0 aliphatic rings. The largest absolute Gasteiger partial charge is 0.462 e. The third-order valence-electron chi connectivity index (χ3n) is 5.25. The SMILES string of the molecule is CCOC(=O)c1c(-c2ccc(C)cc2)csc1N[C@H](NC(=O)c1ccccc1)C(=O)c1cccs1. The van der Waals surface area contributed by atoms with Crippen LogP contribution in [0.4, 0.5) is 5.00 Å². The molecule has 2 N–H and O–H groups in total. The van der Waals surface area contributed by atoms with Crippen LogP contribution in [0.3, 0.4) is 0 Å². The Bertz CT molecular complexity index is 1310. The van der Waals surface area contributed by atoms with Crippen molar-refractivity contribution in [3.05, 3.63) is 99.1 Å². The normalized spacial score (nSPS) is 11.5. The van der Waals surface area contributed by atoms with Gasteiger partial charge < -0.3 is 15.4 Å². The van der Waals surface area contributed by atoms with Gasteiger partial charge in [-0.15, -0.1) is 22.7 Å². The van der Waals surface area contributed by atoms with Gasteiger partial charge in [-0.3, -0.25) is 9.59 Å². The lowest BCUT2D eigenvalue weighted by molar-refractivity contribution is 0.0528. The number of carbonyl (C=O) groups excluding carboxylic acids is 3. The molecule has 0 saturated carbocycles. The fourth-order valence-electron chi connectivity index (χ4n) is 3.48. The first-order valence-electron chi connectivity index (χ1n) is 11.0. The predicted octanol–water partition coefficient (Wildman–Crippen LogP) is 6.01. The monoisotopic (exact) mass is 504 g/mol. The number of hydrogen-bond donors (Lipinski definition) is 2. The molecular weight excluding hydrogens is 480 g/mol. The van der Waals surface area contributed by atoms with Crippen LogP contribution < -0.4 is 10.6 Å². The number of hydrogen-bond acceptors (Lipinski definition) is 7. The van der Waals surface area contributed by atoms with E-state index in [1.807, 2.05) is 42.6 Å². The molecule has 0 saturated heterocycles. The summed E-state index contributed by atoms with van der Waals surface area (Å²) in [5.41, 5.74) is 3.42. The minimum Gasteiger partial charge on any atom is -0.462 e. The van der Waals surface area contributed by atoms with Crippen molar-refractivity contribution >= 4 is 45.3 Å². The smallest absolute Gasteiger partial charge is 0.341 e. The number of benzene rings is 2. The van der Waals surface area contributed by atoms with Gasteiger partial charge in [0, 0.05) is 16.5 Å². The number of esters is 1. The summed E-state index contributed by atoms with van der Waals surface area (Å²) in [6.45, 7) is 3.95. The lowest BCUT2D eigenvalue weighted by Crippen LogP contribution is -2.46. The quantitative estimate of drug-likeness (QED) is 0.166. The predicted molar refractivity (Wildman–Crippen MR) is 140 cm³/mol. The molecule has 4 rings (SSSR count). The Labute approximate surface area is 211 Å². The Hall–Kier alpha value is -3.75. The summed E-state index contributed by atoms with van der Waals surface area (Å²) in [5.74, 6) is -1.20. The molecule has 0 bridgehead atoms. The second kappa shape index (κ2) is 11.1. The highest BCUT2D eigenvalue weighted by molar-refractivity contribution is 7.15. The molecular formula is C27H24N2O4S2. The molecule has 4 aromatic rings. The molecule has 0 spiro atoms.